The van der Waals surface area contributed by atoms with Gasteiger partial charge in [0, 0.05) is 23.9 Å². The van der Waals surface area contributed by atoms with Gasteiger partial charge in [0.05, 0.1) is 5.52 Å². The number of ether oxygens (including phenoxy) is 1. The molecule has 1 aromatic heterocycles. The largest absolute Gasteiger partial charge is 0.484 e. The third kappa shape index (κ3) is 1.41. The number of nitrogens with zero attached hydrogens (tertiary/aromatic N) is 1. The van der Waals surface area contributed by atoms with Gasteiger partial charge in [-0.2, -0.15) is 0 Å². The molecule has 1 aromatic carbocycles. The molecule has 4 rings (SSSR count). The van der Waals surface area contributed by atoms with Crippen LogP contribution in [0.25, 0.3) is 10.9 Å². The lowest BCUT2D eigenvalue weighted by atomic mass is 9.82. The summed E-state index contributed by atoms with van der Waals surface area (Å²) in [6.07, 6.45) is 4.91. The number of hydrogen-bond acceptors (Lipinski definition) is 2. The van der Waals surface area contributed by atoms with Crippen LogP contribution in [0.4, 0.5) is 0 Å². The highest BCUT2D eigenvalue weighted by Gasteiger charge is 2.39. The van der Waals surface area contributed by atoms with Crippen LogP contribution >= 0.6 is 0 Å². The Labute approximate surface area is 111 Å². The minimum absolute atomic E-state index is 0.0168. The van der Waals surface area contributed by atoms with Crippen LogP contribution in [-0.2, 0) is 7.05 Å². The van der Waals surface area contributed by atoms with E-state index in [1.807, 2.05) is 25.2 Å². The van der Waals surface area contributed by atoms with Gasteiger partial charge in [0.25, 0.3) is 5.56 Å². The number of fused-ring (bicyclic) bond motifs is 5. The molecule has 19 heavy (non-hydrogen) atoms. The van der Waals surface area contributed by atoms with Crippen molar-refractivity contribution in [1.29, 1.82) is 0 Å². The summed E-state index contributed by atoms with van der Waals surface area (Å²) in [5, 5.41) is 1.19. The van der Waals surface area contributed by atoms with E-state index >= 15 is 0 Å². The molecule has 0 amide bonds. The number of aromatic nitrogens is 1. The molecule has 98 valence electrons. The van der Waals surface area contributed by atoms with Crippen molar-refractivity contribution in [3.05, 3.63) is 40.2 Å². The molecule has 3 heteroatoms. The fraction of sp³-hybridized carbons (Fsp3) is 0.438. The van der Waals surface area contributed by atoms with Crippen LogP contribution in [0, 0.1) is 0 Å². The summed E-state index contributed by atoms with van der Waals surface area (Å²) in [6.45, 7) is 0. The highest BCUT2D eigenvalue weighted by Crippen LogP contribution is 2.46. The molecule has 0 spiro atoms. The standard InChI is InChI=1S/C16H17NO2/c1-17-12-8-4-2-6-10(12)14-11-7-3-5-9-13(11)19-15(14)16(17)18/h2,4,6,8,11,13H,3,5,7,9H2,1H3/t11?,13-/m0/s1. The van der Waals surface area contributed by atoms with Gasteiger partial charge in [0.2, 0.25) is 0 Å². The summed E-state index contributed by atoms with van der Waals surface area (Å²) in [6, 6.07) is 8.17. The summed E-state index contributed by atoms with van der Waals surface area (Å²) in [7, 11) is 1.83. The number of para-hydroxylation sites is 1. The summed E-state index contributed by atoms with van der Waals surface area (Å²) in [5.74, 6) is 1.03. The van der Waals surface area contributed by atoms with Gasteiger partial charge >= 0.3 is 0 Å². The van der Waals surface area contributed by atoms with Crippen LogP contribution in [-0.4, -0.2) is 10.7 Å². The summed E-state index contributed by atoms with van der Waals surface area (Å²) in [4.78, 5) is 12.5. The lowest BCUT2D eigenvalue weighted by molar-refractivity contribution is 0.162. The van der Waals surface area contributed by atoms with Gasteiger partial charge in [-0.3, -0.25) is 4.79 Å². The van der Waals surface area contributed by atoms with Crippen LogP contribution in [0.15, 0.2) is 29.1 Å². The fourth-order valence-electron chi connectivity index (χ4n) is 3.69. The fourth-order valence-corrected chi connectivity index (χ4v) is 3.69. The van der Waals surface area contributed by atoms with Crippen LogP contribution in [0.1, 0.15) is 37.2 Å². The third-order valence-corrected chi connectivity index (χ3v) is 4.64. The van der Waals surface area contributed by atoms with Crippen LogP contribution in [0.3, 0.4) is 0 Å². The maximum Gasteiger partial charge on any atom is 0.293 e. The van der Waals surface area contributed by atoms with Gasteiger partial charge in [-0.15, -0.1) is 0 Å². The van der Waals surface area contributed by atoms with Gasteiger partial charge in [0.1, 0.15) is 6.10 Å². The van der Waals surface area contributed by atoms with Crippen LogP contribution < -0.4 is 10.3 Å². The number of hydrogen-bond donors (Lipinski definition) is 0. The summed E-state index contributed by atoms with van der Waals surface area (Å²) >= 11 is 0. The van der Waals surface area contributed by atoms with Crippen molar-refractivity contribution >= 4 is 10.9 Å². The maximum atomic E-state index is 12.5. The molecule has 1 aliphatic carbocycles. The first-order valence-corrected chi connectivity index (χ1v) is 7.05. The number of pyridine rings is 1. The van der Waals surface area contributed by atoms with Gasteiger partial charge in [-0.1, -0.05) is 24.6 Å². The van der Waals surface area contributed by atoms with Crippen molar-refractivity contribution in [2.75, 3.05) is 0 Å². The van der Waals surface area contributed by atoms with E-state index in [2.05, 4.69) is 6.07 Å². The van der Waals surface area contributed by atoms with Crippen molar-refractivity contribution < 1.29 is 4.74 Å². The molecule has 2 heterocycles. The molecule has 1 aliphatic heterocycles. The van der Waals surface area contributed by atoms with Crippen LogP contribution in [0.2, 0.25) is 0 Å². The molecule has 0 saturated heterocycles. The van der Waals surface area contributed by atoms with E-state index < -0.39 is 0 Å². The highest BCUT2D eigenvalue weighted by molar-refractivity contribution is 5.86. The van der Waals surface area contributed by atoms with Crippen molar-refractivity contribution in [1.82, 2.24) is 4.57 Å². The van der Waals surface area contributed by atoms with E-state index in [0.717, 1.165) is 18.4 Å². The van der Waals surface area contributed by atoms with Gasteiger partial charge in [-0.05, 0) is 25.3 Å². The highest BCUT2D eigenvalue weighted by atomic mass is 16.5. The van der Waals surface area contributed by atoms with E-state index in [9.17, 15) is 4.79 Å². The molecule has 0 bridgehead atoms. The first kappa shape index (κ1) is 11.1. The Bertz CT molecular complexity index is 716. The van der Waals surface area contributed by atoms with Crippen molar-refractivity contribution in [2.24, 2.45) is 7.05 Å². The van der Waals surface area contributed by atoms with Crippen LogP contribution in [0.5, 0.6) is 5.75 Å². The van der Waals surface area contributed by atoms with Crippen molar-refractivity contribution in [2.45, 2.75) is 37.7 Å². The molecule has 1 saturated carbocycles. The molecule has 2 aromatic rings. The normalized spacial score (nSPS) is 24.9. The third-order valence-electron chi connectivity index (χ3n) is 4.64. The zero-order chi connectivity index (χ0) is 13.0. The number of aryl methyl sites for hydroxylation is 1. The Balaban J connectivity index is 2.08. The molecular weight excluding hydrogens is 238 g/mol. The Morgan fingerprint density at radius 1 is 1.21 bits per heavy atom. The van der Waals surface area contributed by atoms with Crippen molar-refractivity contribution in [3.63, 3.8) is 0 Å². The predicted molar refractivity (Wildman–Crippen MR) is 74.8 cm³/mol. The van der Waals surface area contributed by atoms with E-state index in [-0.39, 0.29) is 11.7 Å². The Morgan fingerprint density at radius 3 is 2.89 bits per heavy atom. The first-order chi connectivity index (χ1) is 9.27. The summed E-state index contributed by atoms with van der Waals surface area (Å²) in [5.41, 5.74) is 2.20. The minimum atomic E-state index is 0.0168. The quantitative estimate of drug-likeness (QED) is 0.724. The smallest absolute Gasteiger partial charge is 0.293 e. The molecular formula is C16H17NO2. The predicted octanol–water partition coefficient (Wildman–Crippen LogP) is 2.96. The van der Waals surface area contributed by atoms with Gasteiger partial charge < -0.3 is 9.30 Å². The SMILES string of the molecule is Cn1c(=O)c2c(c3ccccc31)C1CCCC[C@@H]1O2. The van der Waals surface area contributed by atoms with Gasteiger partial charge in [-0.25, -0.2) is 0 Å². The van der Waals surface area contributed by atoms with E-state index in [0.29, 0.717) is 11.7 Å². The van der Waals surface area contributed by atoms with Gasteiger partial charge in [0.15, 0.2) is 5.75 Å². The zero-order valence-corrected chi connectivity index (χ0v) is 11.1. The molecule has 0 radical (unpaired) electrons. The molecule has 2 aliphatic rings. The Hall–Kier alpha value is -1.77. The molecule has 3 nitrogen and oxygen atoms in total. The minimum Gasteiger partial charge on any atom is -0.484 e. The maximum absolute atomic E-state index is 12.5. The molecule has 1 fully saturated rings. The monoisotopic (exact) mass is 255 g/mol. The lowest BCUT2D eigenvalue weighted by Crippen LogP contribution is -2.23. The molecule has 2 atom stereocenters. The molecule has 0 N–H and O–H groups in total. The average Bonchev–Trinajstić information content (AvgIpc) is 2.84. The second kappa shape index (κ2) is 3.86. The second-order valence-electron chi connectivity index (χ2n) is 5.67. The van der Waals surface area contributed by atoms with E-state index in [1.54, 1.807) is 4.57 Å². The number of rotatable bonds is 0. The Kier molecular flexibility index (Phi) is 2.25. The topological polar surface area (TPSA) is 31.2 Å². The van der Waals surface area contributed by atoms with Crippen molar-refractivity contribution in [3.8, 4) is 5.75 Å². The Morgan fingerprint density at radius 2 is 2.00 bits per heavy atom. The second-order valence-corrected chi connectivity index (χ2v) is 5.67. The molecule has 1 unspecified atom stereocenters. The number of benzene rings is 1. The summed E-state index contributed by atoms with van der Waals surface area (Å²) < 4.78 is 7.71. The first-order valence-electron chi connectivity index (χ1n) is 7.05. The van der Waals surface area contributed by atoms with E-state index in [4.69, 9.17) is 4.74 Å². The zero-order valence-electron chi connectivity index (χ0n) is 11.1. The van der Waals surface area contributed by atoms with E-state index in [1.165, 1.54) is 23.8 Å². The average molecular weight is 255 g/mol. The lowest BCUT2D eigenvalue weighted by Gasteiger charge is -2.24.